The topological polar surface area (TPSA) is 44.5 Å². The minimum Gasteiger partial charge on any atom is -0.493 e. The van der Waals surface area contributed by atoms with Crippen LogP contribution in [-0.4, -0.2) is 7.11 Å². The van der Waals surface area contributed by atoms with E-state index in [-0.39, 0.29) is 11.4 Å². The first kappa shape index (κ1) is 13.1. The number of anilines is 1. The SMILES string of the molecule is COc1cc(C)ccc1Oc1cc(F)cc(F)c1N. The molecule has 0 saturated carbocycles. The van der Waals surface area contributed by atoms with Crippen LogP contribution >= 0.6 is 0 Å². The number of hydrogen-bond donors (Lipinski definition) is 1. The molecule has 0 fully saturated rings. The smallest absolute Gasteiger partial charge is 0.169 e. The van der Waals surface area contributed by atoms with Crippen molar-refractivity contribution in [1.82, 2.24) is 0 Å². The molecule has 0 heterocycles. The van der Waals surface area contributed by atoms with Crippen molar-refractivity contribution >= 4 is 5.69 Å². The van der Waals surface area contributed by atoms with Gasteiger partial charge in [-0.3, -0.25) is 0 Å². The normalized spacial score (nSPS) is 10.3. The molecule has 2 rings (SSSR count). The van der Waals surface area contributed by atoms with E-state index in [0.29, 0.717) is 17.6 Å². The van der Waals surface area contributed by atoms with Crippen LogP contribution in [0, 0.1) is 18.6 Å². The number of methoxy groups -OCH3 is 1. The first-order valence-corrected chi connectivity index (χ1v) is 5.58. The molecule has 2 aromatic rings. The Hall–Kier alpha value is -2.30. The summed E-state index contributed by atoms with van der Waals surface area (Å²) in [6.07, 6.45) is 0. The zero-order valence-electron chi connectivity index (χ0n) is 10.5. The van der Waals surface area contributed by atoms with Gasteiger partial charge in [-0.25, -0.2) is 8.78 Å². The van der Waals surface area contributed by atoms with E-state index in [1.165, 1.54) is 7.11 Å². The fourth-order valence-electron chi connectivity index (χ4n) is 1.62. The average Bonchev–Trinajstić information content (AvgIpc) is 2.37. The summed E-state index contributed by atoms with van der Waals surface area (Å²) in [5.41, 5.74) is 6.24. The Kier molecular flexibility index (Phi) is 3.55. The maximum absolute atomic E-state index is 13.3. The molecule has 0 aliphatic carbocycles. The molecule has 0 spiro atoms. The Morgan fingerprint density at radius 2 is 1.74 bits per heavy atom. The molecule has 0 amide bonds. The summed E-state index contributed by atoms with van der Waals surface area (Å²) in [5, 5.41) is 0. The van der Waals surface area contributed by atoms with Crippen LogP contribution < -0.4 is 15.2 Å². The van der Waals surface area contributed by atoms with Crippen LogP contribution in [0.2, 0.25) is 0 Å². The standard InChI is InChI=1S/C14H13F2NO2/c1-8-3-4-11(12(5-8)18-2)19-13-7-9(15)6-10(16)14(13)17/h3-7H,17H2,1-2H3. The van der Waals surface area contributed by atoms with E-state index in [0.717, 1.165) is 11.6 Å². The van der Waals surface area contributed by atoms with Crippen LogP contribution in [0.15, 0.2) is 30.3 Å². The van der Waals surface area contributed by atoms with E-state index in [9.17, 15) is 8.78 Å². The summed E-state index contributed by atoms with van der Waals surface area (Å²) in [4.78, 5) is 0. The Balaban J connectivity index is 2.41. The Labute approximate surface area is 109 Å². The third kappa shape index (κ3) is 2.76. The third-order valence-corrected chi connectivity index (χ3v) is 2.60. The average molecular weight is 265 g/mol. The first-order valence-electron chi connectivity index (χ1n) is 5.58. The van der Waals surface area contributed by atoms with Crippen LogP contribution in [0.5, 0.6) is 17.2 Å². The van der Waals surface area contributed by atoms with E-state index < -0.39 is 11.6 Å². The predicted octanol–water partition coefficient (Wildman–Crippen LogP) is 3.66. The van der Waals surface area contributed by atoms with Crippen molar-refractivity contribution in [1.29, 1.82) is 0 Å². The highest BCUT2D eigenvalue weighted by Gasteiger charge is 2.12. The van der Waals surface area contributed by atoms with Crippen molar-refractivity contribution in [2.75, 3.05) is 12.8 Å². The number of ether oxygens (including phenoxy) is 2. The molecule has 5 heteroatoms. The van der Waals surface area contributed by atoms with Crippen LogP contribution in [0.1, 0.15) is 5.56 Å². The number of hydrogen-bond acceptors (Lipinski definition) is 3. The van der Waals surface area contributed by atoms with E-state index in [2.05, 4.69) is 0 Å². The molecule has 0 aliphatic heterocycles. The number of nitrogen functional groups attached to an aromatic ring is 1. The van der Waals surface area contributed by atoms with E-state index in [1.54, 1.807) is 18.2 Å². The number of aryl methyl sites for hydroxylation is 1. The first-order chi connectivity index (χ1) is 9.01. The summed E-state index contributed by atoms with van der Waals surface area (Å²) in [6, 6.07) is 6.92. The highest BCUT2D eigenvalue weighted by molar-refractivity contribution is 5.56. The van der Waals surface area contributed by atoms with E-state index >= 15 is 0 Å². The highest BCUT2D eigenvalue weighted by Crippen LogP contribution is 2.35. The second-order valence-electron chi connectivity index (χ2n) is 4.06. The highest BCUT2D eigenvalue weighted by atomic mass is 19.1. The van der Waals surface area contributed by atoms with Gasteiger partial charge in [-0.2, -0.15) is 0 Å². The Morgan fingerprint density at radius 3 is 2.42 bits per heavy atom. The van der Waals surface area contributed by atoms with Crippen LogP contribution in [-0.2, 0) is 0 Å². The van der Waals surface area contributed by atoms with Crippen molar-refractivity contribution in [3.8, 4) is 17.2 Å². The van der Waals surface area contributed by atoms with Gasteiger partial charge in [0.2, 0.25) is 0 Å². The van der Waals surface area contributed by atoms with Crippen LogP contribution in [0.3, 0.4) is 0 Å². The lowest BCUT2D eigenvalue weighted by Crippen LogP contribution is -1.98. The van der Waals surface area contributed by atoms with Crippen molar-refractivity contribution in [3.63, 3.8) is 0 Å². The van der Waals surface area contributed by atoms with Gasteiger partial charge in [0.25, 0.3) is 0 Å². The maximum Gasteiger partial charge on any atom is 0.169 e. The lowest BCUT2D eigenvalue weighted by atomic mass is 10.2. The number of benzene rings is 2. The summed E-state index contributed by atoms with van der Waals surface area (Å²) >= 11 is 0. The number of nitrogens with two attached hydrogens (primary N) is 1. The Bertz CT molecular complexity index is 615. The fourth-order valence-corrected chi connectivity index (χ4v) is 1.62. The van der Waals surface area contributed by atoms with Crippen LogP contribution in [0.25, 0.3) is 0 Å². The third-order valence-electron chi connectivity index (χ3n) is 2.60. The van der Waals surface area contributed by atoms with Gasteiger partial charge in [0.15, 0.2) is 23.1 Å². The second-order valence-corrected chi connectivity index (χ2v) is 4.06. The molecular formula is C14H13F2NO2. The quantitative estimate of drug-likeness (QED) is 0.861. The van der Waals surface area contributed by atoms with E-state index in [1.807, 2.05) is 6.92 Å². The van der Waals surface area contributed by atoms with Gasteiger partial charge in [0, 0.05) is 12.1 Å². The zero-order chi connectivity index (χ0) is 14.0. The summed E-state index contributed by atoms with van der Waals surface area (Å²) in [7, 11) is 1.48. The zero-order valence-corrected chi connectivity index (χ0v) is 10.5. The summed E-state index contributed by atoms with van der Waals surface area (Å²) in [6.45, 7) is 1.89. The number of halogens is 2. The molecule has 3 nitrogen and oxygen atoms in total. The minimum absolute atomic E-state index is 0.0837. The van der Waals surface area contributed by atoms with Gasteiger partial charge in [-0.15, -0.1) is 0 Å². The molecule has 2 aromatic carbocycles. The fraction of sp³-hybridized carbons (Fsp3) is 0.143. The molecular weight excluding hydrogens is 252 g/mol. The molecule has 0 radical (unpaired) electrons. The molecule has 0 atom stereocenters. The van der Waals surface area contributed by atoms with Crippen molar-refractivity contribution in [2.24, 2.45) is 0 Å². The maximum atomic E-state index is 13.3. The molecule has 0 aromatic heterocycles. The lowest BCUT2D eigenvalue weighted by Gasteiger charge is -2.12. The van der Waals surface area contributed by atoms with Gasteiger partial charge >= 0.3 is 0 Å². The molecule has 0 unspecified atom stereocenters. The Morgan fingerprint density at radius 1 is 1.00 bits per heavy atom. The van der Waals surface area contributed by atoms with Gasteiger partial charge in [0.1, 0.15) is 11.5 Å². The summed E-state index contributed by atoms with van der Waals surface area (Å²) < 4.78 is 37.0. The van der Waals surface area contributed by atoms with Gasteiger partial charge < -0.3 is 15.2 Å². The number of rotatable bonds is 3. The van der Waals surface area contributed by atoms with Crippen molar-refractivity contribution in [2.45, 2.75) is 6.92 Å². The molecule has 2 N–H and O–H groups in total. The molecule has 100 valence electrons. The van der Waals surface area contributed by atoms with Gasteiger partial charge in [-0.1, -0.05) is 6.07 Å². The summed E-state index contributed by atoms with van der Waals surface area (Å²) in [5.74, 6) is -0.901. The van der Waals surface area contributed by atoms with Crippen LogP contribution in [0.4, 0.5) is 14.5 Å². The minimum atomic E-state index is -0.860. The lowest BCUT2D eigenvalue weighted by molar-refractivity contribution is 0.377. The molecule has 0 saturated heterocycles. The van der Waals surface area contributed by atoms with Crippen molar-refractivity contribution in [3.05, 3.63) is 47.5 Å². The predicted molar refractivity (Wildman–Crippen MR) is 68.6 cm³/mol. The van der Waals surface area contributed by atoms with Crippen molar-refractivity contribution < 1.29 is 18.3 Å². The molecule has 0 aliphatic rings. The monoisotopic (exact) mass is 265 g/mol. The molecule has 19 heavy (non-hydrogen) atoms. The molecule has 0 bridgehead atoms. The van der Waals surface area contributed by atoms with E-state index in [4.69, 9.17) is 15.2 Å². The largest absolute Gasteiger partial charge is 0.493 e. The van der Waals surface area contributed by atoms with Gasteiger partial charge in [-0.05, 0) is 24.6 Å². The van der Waals surface area contributed by atoms with Gasteiger partial charge in [0.05, 0.1) is 7.11 Å². The second kappa shape index (κ2) is 5.14.